The topological polar surface area (TPSA) is 80.3 Å². The fraction of sp³-hybridized carbons (Fsp3) is 0.871. The summed E-state index contributed by atoms with van der Waals surface area (Å²) < 4.78 is 32.1. The minimum Gasteiger partial charge on any atom is -0.495 e. The summed E-state index contributed by atoms with van der Waals surface area (Å²) in [4.78, 5) is 24.9. The Morgan fingerprint density at radius 2 is 1.64 bits per heavy atom. The monoisotopic (exact) mass is 662 g/mol. The third kappa shape index (κ3) is 9.85. The molecule has 2 fully saturated rings. The van der Waals surface area contributed by atoms with Gasteiger partial charge in [0, 0.05) is 13.0 Å². The van der Waals surface area contributed by atoms with Gasteiger partial charge in [0.2, 0.25) is 0 Å². The first-order valence-corrected chi connectivity index (χ1v) is 23.4. The molecule has 0 aromatic heterocycles. The zero-order valence-corrected chi connectivity index (χ0v) is 31.9. The van der Waals surface area contributed by atoms with Crippen LogP contribution in [-0.4, -0.2) is 82.1 Å². The lowest BCUT2D eigenvalue weighted by atomic mass is 9.79. The zero-order chi connectivity index (χ0) is 32.0. The van der Waals surface area contributed by atoms with Gasteiger partial charge in [0.15, 0.2) is 16.6 Å². The lowest BCUT2D eigenvalue weighted by Gasteiger charge is -2.53. The van der Waals surface area contributed by atoms with E-state index in [0.717, 1.165) is 24.2 Å². The van der Waals surface area contributed by atoms with Crippen molar-refractivity contribution < 1.29 is 32.7 Å². The number of aldehydes is 1. The number of hydrogen-bond donors (Lipinski definition) is 0. The molecule has 0 saturated carbocycles. The lowest BCUT2D eigenvalue weighted by Crippen LogP contribution is -2.63. The first kappa shape index (κ1) is 37.9. The van der Waals surface area contributed by atoms with Crippen LogP contribution in [0.15, 0.2) is 12.3 Å². The second kappa shape index (κ2) is 15.3. The van der Waals surface area contributed by atoms with Gasteiger partial charge < -0.3 is 27.9 Å². The van der Waals surface area contributed by atoms with Crippen LogP contribution in [0.3, 0.4) is 0 Å². The van der Waals surface area contributed by atoms with Gasteiger partial charge in [-0.25, -0.2) is 4.79 Å². The van der Waals surface area contributed by atoms with Crippen LogP contribution in [0.1, 0.15) is 74.7 Å². The highest BCUT2D eigenvalue weighted by Gasteiger charge is 2.55. The number of rotatable bonds is 13. The molecule has 2 rings (SSSR count). The number of hydrogen-bond acceptors (Lipinski definition) is 9. The number of esters is 1. The molecule has 5 atom stereocenters. The molecular formula is C31H58O7S2Si2. The van der Waals surface area contributed by atoms with Crippen LogP contribution < -0.4 is 0 Å². The smallest absolute Gasteiger partial charge is 0.333 e. The van der Waals surface area contributed by atoms with Gasteiger partial charge in [-0.1, -0.05) is 41.5 Å². The number of carbonyl (C=O) groups excluding carboxylic acids is 2. The normalized spacial score (nSPS) is 27.6. The quantitative estimate of drug-likeness (QED) is 0.0645. The van der Waals surface area contributed by atoms with Crippen LogP contribution in [0.5, 0.6) is 0 Å². The Hall–Kier alpha value is -0.306. The Balaban J connectivity index is 2.46. The van der Waals surface area contributed by atoms with Gasteiger partial charge in [0.25, 0.3) is 0 Å². The molecule has 0 aliphatic carbocycles. The summed E-state index contributed by atoms with van der Waals surface area (Å²) in [6.07, 6.45) is 5.12. The molecule has 2 aliphatic rings. The summed E-state index contributed by atoms with van der Waals surface area (Å²) in [6, 6.07) is 0. The molecular weight excluding hydrogens is 605 g/mol. The van der Waals surface area contributed by atoms with Gasteiger partial charge in [0.05, 0.1) is 41.7 Å². The van der Waals surface area contributed by atoms with Crippen LogP contribution in [0.4, 0.5) is 0 Å². The maximum Gasteiger partial charge on any atom is 0.333 e. The molecule has 0 amide bonds. The van der Waals surface area contributed by atoms with E-state index in [-0.39, 0.29) is 33.5 Å². The Morgan fingerprint density at radius 3 is 2.17 bits per heavy atom. The van der Waals surface area contributed by atoms with Crippen molar-refractivity contribution in [2.45, 2.75) is 139 Å². The minimum absolute atomic E-state index is 0.0107. The van der Waals surface area contributed by atoms with Crippen molar-refractivity contribution in [2.75, 3.05) is 24.7 Å². The Bertz CT molecular complexity index is 910. The average Bonchev–Trinajstić information content (AvgIpc) is 2.86. The van der Waals surface area contributed by atoms with E-state index in [2.05, 4.69) is 67.7 Å². The average molecular weight is 663 g/mol. The largest absolute Gasteiger partial charge is 0.495 e. The highest BCUT2D eigenvalue weighted by atomic mass is 32.2. The molecule has 0 bridgehead atoms. The maximum absolute atomic E-state index is 12.8. The van der Waals surface area contributed by atoms with Gasteiger partial charge in [0.1, 0.15) is 18.0 Å². The molecule has 2 heterocycles. The third-order valence-electron chi connectivity index (χ3n) is 9.52. The SMILES string of the molecule is CCOC(=O)/C=C/O[C@H]1C[C@@H](O[Si](C)(C)C(C)(C)C)[C@H](CCO[Si](C)(C)C(C)(C)C)O[C@@]1(C)[C@@H](C=O)C1SCCCS1. The molecule has 0 aromatic rings. The molecule has 7 nitrogen and oxygen atoms in total. The summed E-state index contributed by atoms with van der Waals surface area (Å²) in [5.74, 6) is 1.18. The predicted octanol–water partition coefficient (Wildman–Crippen LogP) is 7.81. The van der Waals surface area contributed by atoms with Crippen molar-refractivity contribution in [3.63, 3.8) is 0 Å². The Morgan fingerprint density at radius 1 is 1.05 bits per heavy atom. The molecule has 0 aromatic carbocycles. The summed E-state index contributed by atoms with van der Waals surface area (Å²) >= 11 is 3.65. The first-order valence-electron chi connectivity index (χ1n) is 15.5. The minimum atomic E-state index is -2.18. The fourth-order valence-corrected chi connectivity index (χ4v) is 10.4. The highest BCUT2D eigenvalue weighted by molar-refractivity contribution is 8.17. The summed E-state index contributed by atoms with van der Waals surface area (Å²) in [5, 5.41) is 0.116. The van der Waals surface area contributed by atoms with E-state index in [4.69, 9.17) is 23.1 Å². The molecule has 11 heteroatoms. The summed E-state index contributed by atoms with van der Waals surface area (Å²) in [5.41, 5.74) is -0.919. The highest BCUT2D eigenvalue weighted by Crippen LogP contribution is 2.48. The van der Waals surface area contributed by atoms with E-state index in [1.165, 1.54) is 12.3 Å². The van der Waals surface area contributed by atoms with E-state index < -0.39 is 40.2 Å². The Labute approximate surface area is 266 Å². The van der Waals surface area contributed by atoms with E-state index >= 15 is 0 Å². The number of ether oxygens (including phenoxy) is 3. The van der Waals surface area contributed by atoms with Crippen molar-refractivity contribution >= 4 is 52.4 Å². The molecule has 0 spiro atoms. The molecule has 0 radical (unpaired) electrons. The van der Waals surface area contributed by atoms with Crippen molar-refractivity contribution in [1.29, 1.82) is 0 Å². The second-order valence-electron chi connectivity index (χ2n) is 14.7. The van der Waals surface area contributed by atoms with Crippen molar-refractivity contribution in [3.05, 3.63) is 12.3 Å². The van der Waals surface area contributed by atoms with Gasteiger partial charge >= 0.3 is 5.97 Å². The zero-order valence-electron chi connectivity index (χ0n) is 28.2. The molecule has 42 heavy (non-hydrogen) atoms. The van der Waals surface area contributed by atoms with E-state index in [1.54, 1.807) is 6.92 Å². The van der Waals surface area contributed by atoms with Crippen LogP contribution >= 0.6 is 23.5 Å². The van der Waals surface area contributed by atoms with Crippen molar-refractivity contribution in [1.82, 2.24) is 0 Å². The first-order chi connectivity index (χ1) is 19.3. The molecule has 2 aliphatic heterocycles. The molecule has 0 unspecified atom stereocenters. The maximum atomic E-state index is 12.8. The molecule has 0 N–H and O–H groups in total. The van der Waals surface area contributed by atoms with Crippen molar-refractivity contribution in [2.24, 2.45) is 5.92 Å². The van der Waals surface area contributed by atoms with Crippen LogP contribution in [0.2, 0.25) is 36.3 Å². The van der Waals surface area contributed by atoms with Gasteiger partial charge in [-0.2, -0.15) is 0 Å². The van der Waals surface area contributed by atoms with Crippen LogP contribution in [-0.2, 0) is 32.7 Å². The van der Waals surface area contributed by atoms with Gasteiger partial charge in [-0.05, 0) is 74.5 Å². The molecule has 244 valence electrons. The predicted molar refractivity (Wildman–Crippen MR) is 181 cm³/mol. The summed E-state index contributed by atoms with van der Waals surface area (Å²) in [6.45, 7) is 27.1. The standard InChI is InChI=1S/C31H58O7S2Si2/c1-13-34-27(33)16-17-35-26-21-25(38-42(11,12)30(5,6)7)24(15-18-36-41(9,10)29(2,3)4)37-31(26,8)23(22-32)28-39-19-14-20-40-28/h16-17,22-26,28H,13-15,18-21H2,1-12H3/b17-16+/t23-,24-,25+,26-,31-/m0/s1. The van der Waals surface area contributed by atoms with Crippen molar-refractivity contribution in [3.8, 4) is 0 Å². The van der Waals surface area contributed by atoms with Crippen LogP contribution in [0.25, 0.3) is 0 Å². The van der Waals surface area contributed by atoms with E-state index in [9.17, 15) is 9.59 Å². The van der Waals surface area contributed by atoms with E-state index in [0.29, 0.717) is 19.4 Å². The van der Waals surface area contributed by atoms with E-state index in [1.807, 2.05) is 30.4 Å². The fourth-order valence-electron chi connectivity index (χ4n) is 4.69. The molecule has 2 saturated heterocycles. The van der Waals surface area contributed by atoms with Crippen LogP contribution in [0, 0.1) is 5.92 Å². The number of carbonyl (C=O) groups is 2. The number of thioether (sulfide) groups is 2. The third-order valence-corrected chi connectivity index (χ3v) is 21.7. The summed E-state index contributed by atoms with van der Waals surface area (Å²) in [7, 11) is -4.14. The Kier molecular flexibility index (Phi) is 13.8. The van der Waals surface area contributed by atoms with Gasteiger partial charge in [-0.15, -0.1) is 23.5 Å². The lowest BCUT2D eigenvalue weighted by molar-refractivity contribution is -0.234. The van der Waals surface area contributed by atoms with Gasteiger partial charge in [-0.3, -0.25) is 0 Å². The second-order valence-corrected chi connectivity index (χ2v) is 27.1.